The van der Waals surface area contributed by atoms with Crippen molar-refractivity contribution in [2.75, 3.05) is 0 Å². The summed E-state index contributed by atoms with van der Waals surface area (Å²) >= 11 is 0. The first-order valence-electron chi connectivity index (χ1n) is 14.5. The number of hydrogen-bond donors (Lipinski definition) is 0. The molecule has 14 radical (unpaired) electrons. The van der Waals surface area contributed by atoms with Crippen molar-refractivity contribution >= 4 is 137 Å². The van der Waals surface area contributed by atoms with Crippen LogP contribution in [0.2, 0.25) is 0 Å². The Morgan fingerprint density at radius 1 is 0.378 bits per heavy atom. The molecule has 0 amide bonds. The lowest BCUT2D eigenvalue weighted by molar-refractivity contribution is 1.18. The van der Waals surface area contributed by atoms with Crippen molar-refractivity contribution in [1.82, 2.24) is 9.13 Å². The molecule has 0 unspecified atom stereocenters. The molecule has 9 heteroatoms. The smallest absolute Gasteiger partial charge is 0.115 e. The Kier molecular flexibility index (Phi) is 6.33. The van der Waals surface area contributed by atoms with Crippen molar-refractivity contribution in [1.29, 1.82) is 0 Å². The highest BCUT2D eigenvalue weighted by atomic mass is 15.0. The van der Waals surface area contributed by atoms with Gasteiger partial charge in [0.1, 0.15) is 54.9 Å². The largest absolute Gasteiger partial charge is 0.311 e. The maximum Gasteiger partial charge on any atom is 0.115 e. The summed E-state index contributed by atoms with van der Waals surface area (Å²) in [5.74, 6) is 0. The summed E-state index contributed by atoms with van der Waals surface area (Å²) < 4.78 is 4.16. The predicted molar refractivity (Wildman–Crippen MR) is 198 cm³/mol. The molecule has 2 aromatic heterocycles. The Balaban J connectivity index is 1.50. The molecule has 0 fully saturated rings. The van der Waals surface area contributed by atoms with Gasteiger partial charge in [0.2, 0.25) is 0 Å². The molecule has 8 aromatic rings. The van der Waals surface area contributed by atoms with E-state index in [1.807, 2.05) is 71.3 Å². The average Bonchev–Trinajstić information content (AvgIpc) is 3.60. The topological polar surface area (TPSA) is 9.86 Å². The van der Waals surface area contributed by atoms with Gasteiger partial charge >= 0.3 is 0 Å². The highest BCUT2D eigenvalue weighted by Gasteiger charge is 2.24. The van der Waals surface area contributed by atoms with E-state index in [9.17, 15) is 0 Å². The van der Waals surface area contributed by atoms with E-state index in [0.29, 0.717) is 43.8 Å². The second kappa shape index (κ2) is 10.2. The molecule has 0 aliphatic carbocycles. The van der Waals surface area contributed by atoms with Crippen molar-refractivity contribution < 1.29 is 0 Å². The quantitative estimate of drug-likeness (QED) is 0.291. The molecule has 192 valence electrons. The molecule has 0 aliphatic heterocycles. The van der Waals surface area contributed by atoms with Gasteiger partial charge in [-0.15, -0.1) is 10.9 Å². The fourth-order valence-corrected chi connectivity index (χ4v) is 6.82. The van der Waals surface area contributed by atoms with E-state index in [-0.39, 0.29) is 21.9 Å². The Morgan fingerprint density at radius 3 is 1.56 bits per heavy atom. The summed E-state index contributed by atoms with van der Waals surface area (Å²) in [5, 5.41) is 3.34. The number of nitrogens with zero attached hydrogens (tertiary/aromatic N) is 2. The molecule has 0 atom stereocenters. The first-order chi connectivity index (χ1) is 21.8. The van der Waals surface area contributed by atoms with Crippen LogP contribution in [-0.2, 0) is 0 Å². The molecule has 0 saturated carbocycles. The lowest BCUT2D eigenvalue weighted by Gasteiger charge is -2.19. The number of hydrogen-bond acceptors (Lipinski definition) is 0. The van der Waals surface area contributed by atoms with Crippen LogP contribution in [0, 0.1) is 0 Å². The van der Waals surface area contributed by atoms with E-state index in [0.717, 1.165) is 38.7 Å². The Bertz CT molecular complexity index is 2500. The lowest BCUT2D eigenvalue weighted by atomic mass is 9.64. The molecule has 0 aliphatic rings. The predicted octanol–water partition coefficient (Wildman–Crippen LogP) is 1.10. The van der Waals surface area contributed by atoms with E-state index in [2.05, 4.69) is 41.0 Å². The molecule has 6 aromatic carbocycles. The van der Waals surface area contributed by atoms with E-state index in [1.165, 1.54) is 0 Å². The fraction of sp³-hybridized carbons (Fsp3) is 0. The summed E-state index contributed by atoms with van der Waals surface area (Å²) in [6.07, 6.45) is 0. The van der Waals surface area contributed by atoms with Gasteiger partial charge in [0, 0.05) is 38.6 Å². The van der Waals surface area contributed by atoms with E-state index in [4.69, 9.17) is 54.9 Å². The minimum atomic E-state index is 0.193. The molecule has 0 bridgehead atoms. The van der Waals surface area contributed by atoms with Gasteiger partial charge in [-0.25, -0.2) is 0 Å². The van der Waals surface area contributed by atoms with Gasteiger partial charge in [-0.2, -0.15) is 0 Å². The third-order valence-electron chi connectivity index (χ3n) is 8.91. The standard InChI is InChI=1S/C36H17B7N2/c37-28-25(18-15-16-24-22(17-18)21-13-7-8-14-23(21)44(24)19-9-3-1-4-10-19)29(38)33(42)35-26(28)27-30(39)31(40)32(41)34(43)36(27)45(35)20-11-5-2-6-12-20/h1-17H. The number of benzene rings is 6. The lowest BCUT2D eigenvalue weighted by Crippen LogP contribution is -2.48. The van der Waals surface area contributed by atoms with Crippen LogP contribution in [0.15, 0.2) is 103 Å². The number of rotatable bonds is 3. The van der Waals surface area contributed by atoms with Crippen LogP contribution in [0.25, 0.3) is 66.1 Å². The number of fused-ring (bicyclic) bond motifs is 6. The van der Waals surface area contributed by atoms with Crippen LogP contribution < -0.4 is 38.2 Å². The van der Waals surface area contributed by atoms with Gasteiger partial charge in [0.05, 0.1) is 11.0 Å². The first-order valence-corrected chi connectivity index (χ1v) is 14.5. The molecule has 0 N–H and O–H groups in total. The monoisotopic (exact) mass is 554 g/mol. The Morgan fingerprint density at radius 2 is 0.889 bits per heavy atom. The molecular weight excluding hydrogens is 536 g/mol. The van der Waals surface area contributed by atoms with Crippen molar-refractivity contribution in [3.63, 3.8) is 0 Å². The Labute approximate surface area is 270 Å². The van der Waals surface area contributed by atoms with Crippen LogP contribution >= 0.6 is 0 Å². The maximum atomic E-state index is 7.12. The van der Waals surface area contributed by atoms with Crippen molar-refractivity contribution in [2.24, 2.45) is 0 Å². The zero-order valence-corrected chi connectivity index (χ0v) is 24.3. The van der Waals surface area contributed by atoms with E-state index in [1.54, 1.807) is 0 Å². The van der Waals surface area contributed by atoms with Crippen LogP contribution in [0.3, 0.4) is 0 Å². The minimum Gasteiger partial charge on any atom is -0.311 e. The second-order valence-electron chi connectivity index (χ2n) is 11.3. The molecule has 2 heterocycles. The van der Waals surface area contributed by atoms with Crippen molar-refractivity contribution in [3.8, 4) is 22.5 Å². The average molecular weight is 553 g/mol. The summed E-state index contributed by atoms with van der Waals surface area (Å²) in [7, 11) is 47.0. The second-order valence-corrected chi connectivity index (χ2v) is 11.3. The SMILES string of the molecule is [B]c1c([B])c([B])c2c(c1[B])c1c([B])c(-c3ccc4c(c3)c3ccccc3n4-c3ccccc3)c([B])c([B])c1n2-c1ccccc1. The summed E-state index contributed by atoms with van der Waals surface area (Å²) in [4.78, 5) is 0. The van der Waals surface area contributed by atoms with Gasteiger partial charge in [-0.3, -0.25) is 0 Å². The Hall–Kier alpha value is -4.63. The van der Waals surface area contributed by atoms with E-state index >= 15 is 0 Å². The van der Waals surface area contributed by atoms with Gasteiger partial charge < -0.3 is 9.13 Å². The molecule has 2 nitrogen and oxygen atoms in total. The molecule has 0 spiro atoms. The van der Waals surface area contributed by atoms with E-state index < -0.39 is 0 Å². The van der Waals surface area contributed by atoms with Gasteiger partial charge in [0.25, 0.3) is 0 Å². The van der Waals surface area contributed by atoms with Gasteiger partial charge in [-0.05, 0) is 59.0 Å². The fourth-order valence-electron chi connectivity index (χ4n) is 6.82. The van der Waals surface area contributed by atoms with Crippen LogP contribution in [-0.4, -0.2) is 64.1 Å². The highest BCUT2D eigenvalue weighted by Crippen LogP contribution is 2.35. The van der Waals surface area contributed by atoms with Crippen LogP contribution in [0.4, 0.5) is 0 Å². The highest BCUT2D eigenvalue weighted by molar-refractivity contribution is 6.69. The molecular formula is C36H17B7N2. The zero-order chi connectivity index (χ0) is 31.1. The zero-order valence-electron chi connectivity index (χ0n) is 24.3. The number of para-hydroxylation sites is 3. The molecule has 45 heavy (non-hydrogen) atoms. The molecule has 0 saturated heterocycles. The van der Waals surface area contributed by atoms with Gasteiger partial charge in [0.15, 0.2) is 0 Å². The third-order valence-corrected chi connectivity index (χ3v) is 8.91. The van der Waals surface area contributed by atoms with Crippen LogP contribution in [0.1, 0.15) is 0 Å². The summed E-state index contributed by atoms with van der Waals surface area (Å²) in [6.45, 7) is 0. The minimum absolute atomic E-state index is 0.193. The summed E-state index contributed by atoms with van der Waals surface area (Å²) in [6, 6.07) is 34.5. The maximum absolute atomic E-state index is 7.12. The molecule has 8 rings (SSSR count). The third kappa shape index (κ3) is 3.86. The first kappa shape index (κ1) is 27.9. The van der Waals surface area contributed by atoms with Crippen LogP contribution in [0.5, 0.6) is 0 Å². The van der Waals surface area contributed by atoms with Crippen molar-refractivity contribution in [2.45, 2.75) is 0 Å². The van der Waals surface area contributed by atoms with Gasteiger partial charge in [-0.1, -0.05) is 88.0 Å². The number of aromatic nitrogens is 2. The normalized spacial score (nSPS) is 11.7. The summed E-state index contributed by atoms with van der Waals surface area (Å²) in [5.41, 5.74) is 8.65. The van der Waals surface area contributed by atoms with Crippen molar-refractivity contribution in [3.05, 3.63) is 103 Å².